The Morgan fingerprint density at radius 3 is 2.95 bits per heavy atom. The van der Waals surface area contributed by atoms with Crippen LogP contribution in [0.5, 0.6) is 0 Å². The van der Waals surface area contributed by atoms with E-state index in [0.717, 1.165) is 0 Å². The highest BCUT2D eigenvalue weighted by molar-refractivity contribution is 9.15. The minimum absolute atomic E-state index is 0.0698. The van der Waals surface area contributed by atoms with E-state index < -0.39 is 24.1 Å². The van der Waals surface area contributed by atoms with Gasteiger partial charge in [-0.1, -0.05) is 22.5 Å². The van der Waals surface area contributed by atoms with Gasteiger partial charge < -0.3 is 20.7 Å². The molecular weight excluding hydrogens is 318 g/mol. The molecule has 4 N–H and O–H groups in total. The number of hydrogen-bond acceptors (Lipinski definition) is 6. The Bertz CT molecular complexity index is 559. The second-order valence-corrected chi connectivity index (χ2v) is 5.21. The van der Waals surface area contributed by atoms with Crippen molar-refractivity contribution in [1.29, 1.82) is 0 Å². The Labute approximate surface area is 117 Å². The third-order valence-corrected chi connectivity index (χ3v) is 3.39. The second kappa shape index (κ2) is 5.41. The summed E-state index contributed by atoms with van der Waals surface area (Å²) in [5.41, 5.74) is 5.52. The third kappa shape index (κ3) is 2.71. The molecule has 1 saturated heterocycles. The highest BCUT2D eigenvalue weighted by Gasteiger charge is 2.35. The van der Waals surface area contributed by atoms with Gasteiger partial charge in [-0.25, -0.2) is 4.79 Å². The van der Waals surface area contributed by atoms with Crippen molar-refractivity contribution in [3.63, 3.8) is 0 Å². The molecule has 1 aromatic rings. The average Bonchev–Trinajstić information content (AvgIpc) is 2.69. The van der Waals surface area contributed by atoms with E-state index in [1.807, 2.05) is 0 Å². The second-order valence-electron chi connectivity index (χ2n) is 4.25. The summed E-state index contributed by atoms with van der Waals surface area (Å²) in [6.07, 6.45) is -0.539. The van der Waals surface area contributed by atoms with Crippen molar-refractivity contribution in [3.8, 4) is 0 Å². The third-order valence-electron chi connectivity index (χ3n) is 2.97. The topological polar surface area (TPSA) is 111 Å². The maximum absolute atomic E-state index is 11.8. The summed E-state index contributed by atoms with van der Waals surface area (Å²) < 4.78 is 7.12. The lowest BCUT2D eigenvalue weighted by Crippen LogP contribution is -2.29. The van der Waals surface area contributed by atoms with Crippen LogP contribution in [0, 0.1) is 0 Å². The van der Waals surface area contributed by atoms with Gasteiger partial charge in [0.25, 0.3) is 0 Å². The highest BCUT2D eigenvalue weighted by Crippen LogP contribution is 2.29. The molecule has 19 heavy (non-hydrogen) atoms. The zero-order valence-corrected chi connectivity index (χ0v) is 11.6. The van der Waals surface area contributed by atoms with Crippen molar-refractivity contribution < 1.29 is 14.9 Å². The molecule has 1 aliphatic rings. The van der Waals surface area contributed by atoms with Crippen molar-refractivity contribution in [1.82, 2.24) is 9.55 Å². The predicted molar refractivity (Wildman–Crippen MR) is 72.5 cm³/mol. The van der Waals surface area contributed by atoms with Gasteiger partial charge in [0, 0.05) is 22.7 Å². The zero-order chi connectivity index (χ0) is 14.2. The molecule has 7 nitrogen and oxygen atoms in total. The molecule has 0 aromatic carbocycles. The largest absolute Gasteiger partial charge is 0.394 e. The number of nitrogens with two attached hydrogens (primary N) is 1. The SMILES string of the molecule is C=C(Br)c1cn([C@@H]2C[C@@H](O)[C@H](CO)O2)c(=O)nc1N. The summed E-state index contributed by atoms with van der Waals surface area (Å²) in [6.45, 7) is 3.37. The number of halogens is 1. The molecule has 0 bridgehead atoms. The molecule has 0 radical (unpaired) electrons. The van der Waals surface area contributed by atoms with Crippen LogP contribution in [0.15, 0.2) is 17.6 Å². The smallest absolute Gasteiger partial charge is 0.351 e. The van der Waals surface area contributed by atoms with E-state index in [9.17, 15) is 9.90 Å². The van der Waals surface area contributed by atoms with Crippen LogP contribution >= 0.6 is 15.9 Å². The lowest BCUT2D eigenvalue weighted by atomic mass is 10.2. The van der Waals surface area contributed by atoms with Crippen molar-refractivity contribution in [3.05, 3.63) is 28.8 Å². The first-order chi connectivity index (χ1) is 8.93. The monoisotopic (exact) mass is 331 g/mol. The molecule has 0 saturated carbocycles. The molecule has 1 aliphatic heterocycles. The number of rotatable bonds is 3. The van der Waals surface area contributed by atoms with E-state index in [4.69, 9.17) is 15.6 Å². The van der Waals surface area contributed by atoms with E-state index in [0.29, 0.717) is 10.0 Å². The maximum Gasteiger partial charge on any atom is 0.351 e. The lowest BCUT2D eigenvalue weighted by molar-refractivity contribution is -0.0458. The first kappa shape index (κ1) is 14.2. The number of anilines is 1. The summed E-state index contributed by atoms with van der Waals surface area (Å²) in [5.74, 6) is 0.0698. The van der Waals surface area contributed by atoms with Gasteiger partial charge in [-0.2, -0.15) is 4.98 Å². The van der Waals surface area contributed by atoms with Gasteiger partial charge in [-0.05, 0) is 0 Å². The molecule has 2 heterocycles. The van der Waals surface area contributed by atoms with E-state index in [2.05, 4.69) is 27.5 Å². The molecular formula is C11H14BrN3O4. The first-order valence-corrected chi connectivity index (χ1v) is 6.41. The van der Waals surface area contributed by atoms with E-state index >= 15 is 0 Å². The van der Waals surface area contributed by atoms with Crippen molar-refractivity contribution >= 4 is 26.2 Å². The number of nitrogens with zero attached hydrogens (tertiary/aromatic N) is 2. The minimum atomic E-state index is -0.824. The number of aromatic nitrogens is 2. The zero-order valence-electron chi connectivity index (χ0n) is 9.99. The summed E-state index contributed by atoms with van der Waals surface area (Å²) in [7, 11) is 0. The van der Waals surface area contributed by atoms with E-state index in [1.165, 1.54) is 10.8 Å². The van der Waals surface area contributed by atoms with Gasteiger partial charge >= 0.3 is 5.69 Å². The predicted octanol–water partition coefficient (Wildman–Crippen LogP) is -0.168. The molecule has 1 aromatic heterocycles. The van der Waals surface area contributed by atoms with Crippen molar-refractivity contribution in [2.24, 2.45) is 0 Å². The average molecular weight is 332 g/mol. The van der Waals surface area contributed by atoms with Crippen LogP contribution in [0.4, 0.5) is 5.82 Å². The lowest BCUT2D eigenvalue weighted by Gasteiger charge is -2.15. The molecule has 2 rings (SSSR count). The van der Waals surface area contributed by atoms with Crippen LogP contribution in [0.25, 0.3) is 4.48 Å². The standard InChI is InChI=1S/C11H14BrN3O4/c1-5(12)6-3-15(11(18)14-10(6)13)9-2-7(17)8(4-16)19-9/h3,7-9,16-17H,1-2,4H2,(H2,13,14,18)/t7-,8+,9+/m1/s1. The van der Waals surface area contributed by atoms with Crippen LogP contribution < -0.4 is 11.4 Å². The summed E-state index contributed by atoms with van der Waals surface area (Å²) in [6, 6.07) is 0. The Kier molecular flexibility index (Phi) is 4.04. The van der Waals surface area contributed by atoms with Gasteiger partial charge in [0.05, 0.1) is 12.7 Å². The molecule has 3 atom stereocenters. The van der Waals surface area contributed by atoms with E-state index in [-0.39, 0.29) is 18.8 Å². The first-order valence-electron chi connectivity index (χ1n) is 5.62. The van der Waals surface area contributed by atoms with Gasteiger partial charge in [0.2, 0.25) is 0 Å². The van der Waals surface area contributed by atoms with Gasteiger partial charge in [-0.3, -0.25) is 4.57 Å². The quantitative estimate of drug-likeness (QED) is 0.709. The number of nitrogen functional groups attached to an aromatic ring is 1. The Morgan fingerprint density at radius 1 is 1.74 bits per heavy atom. The fourth-order valence-corrected chi connectivity index (χ4v) is 2.25. The number of ether oxygens (including phenoxy) is 1. The number of aliphatic hydroxyl groups excluding tert-OH is 2. The van der Waals surface area contributed by atoms with Crippen LogP contribution in [-0.2, 0) is 4.74 Å². The Hall–Kier alpha value is -1.22. The number of aliphatic hydroxyl groups is 2. The van der Waals surface area contributed by atoms with Crippen LogP contribution in [0.1, 0.15) is 18.2 Å². The maximum atomic E-state index is 11.8. The molecule has 104 valence electrons. The fourth-order valence-electron chi connectivity index (χ4n) is 1.95. The van der Waals surface area contributed by atoms with E-state index in [1.54, 1.807) is 0 Å². The molecule has 0 spiro atoms. The van der Waals surface area contributed by atoms with Gasteiger partial charge in [0.15, 0.2) is 0 Å². The van der Waals surface area contributed by atoms with Crippen LogP contribution in [0.2, 0.25) is 0 Å². The molecule has 0 aliphatic carbocycles. The normalized spacial score (nSPS) is 26.6. The minimum Gasteiger partial charge on any atom is -0.394 e. The van der Waals surface area contributed by atoms with Gasteiger partial charge in [-0.15, -0.1) is 0 Å². The summed E-state index contributed by atoms with van der Waals surface area (Å²) >= 11 is 3.18. The fraction of sp³-hybridized carbons (Fsp3) is 0.455. The van der Waals surface area contributed by atoms with Gasteiger partial charge in [0.1, 0.15) is 18.1 Å². The molecule has 8 heteroatoms. The Morgan fingerprint density at radius 2 is 2.42 bits per heavy atom. The molecule has 1 fully saturated rings. The highest BCUT2D eigenvalue weighted by atomic mass is 79.9. The van der Waals surface area contributed by atoms with Crippen LogP contribution in [-0.4, -0.2) is 38.6 Å². The Balaban J connectivity index is 2.38. The summed E-state index contributed by atoms with van der Waals surface area (Å²) in [5, 5.41) is 18.7. The molecule has 0 unspecified atom stereocenters. The van der Waals surface area contributed by atoms with Crippen molar-refractivity contribution in [2.75, 3.05) is 12.3 Å². The summed E-state index contributed by atoms with van der Waals surface area (Å²) in [4.78, 5) is 15.5. The number of hydrogen-bond donors (Lipinski definition) is 3. The van der Waals surface area contributed by atoms with Crippen molar-refractivity contribution in [2.45, 2.75) is 24.9 Å². The van der Waals surface area contributed by atoms with Crippen LogP contribution in [0.3, 0.4) is 0 Å². The molecule has 0 amide bonds.